The Kier molecular flexibility index (Phi) is 5.71. The van der Waals surface area contributed by atoms with Crippen LogP contribution in [0.4, 0.5) is 5.69 Å². The maximum Gasteiger partial charge on any atom is 0.287 e. The number of nitrogens with zero attached hydrogens (tertiary/aromatic N) is 3. The summed E-state index contributed by atoms with van der Waals surface area (Å²) in [5, 5.41) is 10.6. The van der Waals surface area contributed by atoms with Crippen LogP contribution in [0, 0.1) is 0 Å². The molecule has 2 rings (SSSR count). The number of rotatable bonds is 7. The summed E-state index contributed by atoms with van der Waals surface area (Å²) in [7, 11) is 1.57. The quantitative estimate of drug-likeness (QED) is 0.757. The van der Waals surface area contributed by atoms with Crippen molar-refractivity contribution in [1.82, 2.24) is 20.1 Å². The lowest BCUT2D eigenvalue weighted by Crippen LogP contribution is -2.22. The molecule has 0 aliphatic rings. The van der Waals surface area contributed by atoms with Gasteiger partial charge in [-0.15, -0.1) is 0 Å². The number of halogens is 1. The molecule has 0 radical (unpaired) electrons. The second-order valence-electron chi connectivity index (χ2n) is 4.62. The van der Waals surface area contributed by atoms with Crippen LogP contribution in [-0.4, -0.2) is 27.9 Å². The van der Waals surface area contributed by atoms with Gasteiger partial charge in [-0.05, 0) is 24.6 Å². The number of nitrogens with one attached hydrogen (secondary N) is 2. The molecule has 2 aromatic heterocycles. The van der Waals surface area contributed by atoms with Gasteiger partial charge in [0, 0.05) is 32.5 Å². The molecular weight excluding hydrogens is 290 g/mol. The first-order valence-electron chi connectivity index (χ1n) is 6.74. The topological polar surface area (TPSA) is 71.8 Å². The lowest BCUT2D eigenvalue weighted by atomic mass is 10.3. The van der Waals surface area contributed by atoms with Crippen molar-refractivity contribution in [2.24, 2.45) is 7.05 Å². The molecule has 0 aliphatic carbocycles. The molecule has 2 aromatic rings. The van der Waals surface area contributed by atoms with Gasteiger partial charge >= 0.3 is 0 Å². The molecule has 0 fully saturated rings. The fourth-order valence-corrected chi connectivity index (χ4v) is 2.04. The molecule has 0 saturated heterocycles. The van der Waals surface area contributed by atoms with Gasteiger partial charge in [0.05, 0.1) is 11.9 Å². The third-order valence-corrected chi connectivity index (χ3v) is 3.34. The first kappa shape index (κ1) is 15.5. The van der Waals surface area contributed by atoms with Gasteiger partial charge < -0.3 is 10.6 Å². The highest BCUT2D eigenvalue weighted by atomic mass is 35.5. The number of aryl methyl sites for hydroxylation is 1. The van der Waals surface area contributed by atoms with E-state index in [1.54, 1.807) is 19.4 Å². The van der Waals surface area contributed by atoms with Gasteiger partial charge in [0.25, 0.3) is 5.56 Å². The molecule has 6 nitrogen and oxygen atoms in total. The number of anilines is 1. The third-order valence-electron chi connectivity index (χ3n) is 2.98. The number of aromatic nitrogens is 3. The second kappa shape index (κ2) is 7.75. The molecule has 0 saturated carbocycles. The summed E-state index contributed by atoms with van der Waals surface area (Å²) >= 11 is 5.96. The van der Waals surface area contributed by atoms with Crippen LogP contribution < -0.4 is 16.2 Å². The third kappa shape index (κ3) is 4.54. The van der Waals surface area contributed by atoms with E-state index in [1.165, 1.54) is 4.68 Å². The Bertz CT molecular complexity index is 629. The highest BCUT2D eigenvalue weighted by molar-refractivity contribution is 6.32. The van der Waals surface area contributed by atoms with Crippen LogP contribution in [0.2, 0.25) is 5.02 Å². The van der Waals surface area contributed by atoms with E-state index in [1.807, 2.05) is 18.3 Å². The van der Waals surface area contributed by atoms with E-state index in [2.05, 4.69) is 20.7 Å². The largest absolute Gasteiger partial charge is 0.382 e. The van der Waals surface area contributed by atoms with Crippen LogP contribution in [0.1, 0.15) is 12.0 Å². The lowest BCUT2D eigenvalue weighted by molar-refractivity contribution is 0.661. The van der Waals surface area contributed by atoms with E-state index in [4.69, 9.17) is 11.6 Å². The zero-order chi connectivity index (χ0) is 15.1. The van der Waals surface area contributed by atoms with E-state index in [0.29, 0.717) is 12.2 Å². The highest BCUT2D eigenvalue weighted by Crippen LogP contribution is 2.14. The molecule has 0 aromatic carbocycles. The monoisotopic (exact) mass is 307 g/mol. The van der Waals surface area contributed by atoms with Crippen molar-refractivity contribution in [3.8, 4) is 0 Å². The van der Waals surface area contributed by atoms with E-state index in [0.717, 1.165) is 25.1 Å². The van der Waals surface area contributed by atoms with Gasteiger partial charge in [0.1, 0.15) is 5.02 Å². The average Bonchev–Trinajstić information content (AvgIpc) is 2.51. The van der Waals surface area contributed by atoms with Crippen LogP contribution in [0.3, 0.4) is 0 Å². The van der Waals surface area contributed by atoms with Crippen molar-refractivity contribution >= 4 is 17.3 Å². The summed E-state index contributed by atoms with van der Waals surface area (Å²) in [5.74, 6) is 0. The average molecular weight is 308 g/mol. The molecule has 0 atom stereocenters. The van der Waals surface area contributed by atoms with Gasteiger partial charge in [-0.25, -0.2) is 4.68 Å². The number of pyridine rings is 1. The van der Waals surface area contributed by atoms with Crippen molar-refractivity contribution in [3.63, 3.8) is 0 Å². The molecule has 0 spiro atoms. The van der Waals surface area contributed by atoms with Crippen molar-refractivity contribution in [2.75, 3.05) is 18.4 Å². The molecule has 0 aliphatic heterocycles. The summed E-state index contributed by atoms with van der Waals surface area (Å²) in [6.45, 7) is 2.37. The van der Waals surface area contributed by atoms with Gasteiger partial charge in [-0.1, -0.05) is 17.7 Å². The van der Waals surface area contributed by atoms with Crippen molar-refractivity contribution in [2.45, 2.75) is 13.0 Å². The normalized spacial score (nSPS) is 10.6. The van der Waals surface area contributed by atoms with Crippen LogP contribution in [0.15, 0.2) is 35.5 Å². The predicted molar refractivity (Wildman–Crippen MR) is 83.5 cm³/mol. The minimum atomic E-state index is -0.295. The zero-order valence-corrected chi connectivity index (χ0v) is 12.6. The molecule has 0 unspecified atom stereocenters. The number of hydrogen-bond acceptors (Lipinski definition) is 5. The van der Waals surface area contributed by atoms with E-state index in [-0.39, 0.29) is 10.6 Å². The fraction of sp³-hybridized carbons (Fsp3) is 0.357. The van der Waals surface area contributed by atoms with Crippen LogP contribution in [0.5, 0.6) is 0 Å². The van der Waals surface area contributed by atoms with Gasteiger partial charge in [-0.3, -0.25) is 9.78 Å². The molecule has 2 N–H and O–H groups in total. The maximum absolute atomic E-state index is 11.6. The Labute approximate surface area is 128 Å². The van der Waals surface area contributed by atoms with Crippen LogP contribution >= 0.6 is 11.6 Å². The minimum absolute atomic E-state index is 0.177. The smallest absolute Gasteiger partial charge is 0.287 e. The predicted octanol–water partition coefficient (Wildman–Crippen LogP) is 1.42. The lowest BCUT2D eigenvalue weighted by Gasteiger charge is -2.09. The molecule has 0 amide bonds. The van der Waals surface area contributed by atoms with E-state index < -0.39 is 0 Å². The molecule has 21 heavy (non-hydrogen) atoms. The van der Waals surface area contributed by atoms with E-state index >= 15 is 0 Å². The van der Waals surface area contributed by atoms with Gasteiger partial charge in [0.2, 0.25) is 0 Å². The summed E-state index contributed by atoms with van der Waals surface area (Å²) in [6.07, 6.45) is 6.07. The first-order valence-corrected chi connectivity index (χ1v) is 7.11. The summed E-state index contributed by atoms with van der Waals surface area (Å²) in [5.41, 5.74) is 1.44. The fourth-order valence-electron chi connectivity index (χ4n) is 1.81. The Morgan fingerprint density at radius 3 is 2.95 bits per heavy atom. The Morgan fingerprint density at radius 1 is 1.33 bits per heavy atom. The summed E-state index contributed by atoms with van der Waals surface area (Å²) in [6, 6.07) is 3.95. The molecule has 112 valence electrons. The Morgan fingerprint density at radius 2 is 2.19 bits per heavy atom. The summed E-state index contributed by atoms with van der Waals surface area (Å²) in [4.78, 5) is 15.7. The molecule has 0 bridgehead atoms. The molecule has 2 heterocycles. The standard InChI is InChI=1S/C14H18ClN5O/c1-20-14(21)13(15)12(10-19-20)18-7-3-6-17-9-11-4-2-5-16-8-11/h2,4-5,8,10,17-18H,3,6-7,9H2,1H3. The van der Waals surface area contributed by atoms with Crippen LogP contribution in [0.25, 0.3) is 0 Å². The van der Waals surface area contributed by atoms with Crippen molar-refractivity contribution in [3.05, 3.63) is 51.7 Å². The Hall–Kier alpha value is -1.92. The van der Waals surface area contributed by atoms with Crippen molar-refractivity contribution in [1.29, 1.82) is 0 Å². The molecular formula is C14H18ClN5O. The zero-order valence-electron chi connectivity index (χ0n) is 11.8. The van der Waals surface area contributed by atoms with Gasteiger partial charge in [-0.2, -0.15) is 5.10 Å². The maximum atomic E-state index is 11.6. The van der Waals surface area contributed by atoms with Crippen LogP contribution in [-0.2, 0) is 13.6 Å². The minimum Gasteiger partial charge on any atom is -0.382 e. The first-order chi connectivity index (χ1) is 10.2. The SMILES string of the molecule is Cn1ncc(NCCCNCc2cccnc2)c(Cl)c1=O. The summed E-state index contributed by atoms with van der Waals surface area (Å²) < 4.78 is 1.21. The second-order valence-corrected chi connectivity index (χ2v) is 5.00. The number of hydrogen-bond donors (Lipinski definition) is 2. The van der Waals surface area contributed by atoms with Crippen molar-refractivity contribution < 1.29 is 0 Å². The molecule has 7 heteroatoms. The highest BCUT2D eigenvalue weighted by Gasteiger charge is 2.06. The van der Waals surface area contributed by atoms with Gasteiger partial charge in [0.15, 0.2) is 0 Å². The Balaban J connectivity index is 1.68. The van der Waals surface area contributed by atoms with E-state index in [9.17, 15) is 4.79 Å².